The van der Waals surface area contributed by atoms with Crippen LogP contribution in [0.5, 0.6) is 0 Å². The van der Waals surface area contributed by atoms with Crippen LogP contribution in [0.1, 0.15) is 36.8 Å². The van der Waals surface area contributed by atoms with E-state index >= 15 is 0 Å². The van der Waals surface area contributed by atoms with Crippen LogP contribution in [0.15, 0.2) is 18.2 Å². The molecule has 0 bridgehead atoms. The monoisotopic (exact) mass is 281 g/mol. The fourth-order valence-electron chi connectivity index (χ4n) is 2.76. The number of aryl methyl sites for hydroxylation is 1. The fourth-order valence-corrected chi connectivity index (χ4v) is 3.05. The van der Waals surface area contributed by atoms with Crippen molar-refractivity contribution in [2.24, 2.45) is 0 Å². The number of hydrogen-bond acceptors (Lipinski definition) is 2. The Bertz CT molecular complexity index is 455. The molecule has 0 aromatic heterocycles. The molecule has 0 atom stereocenters. The Hall–Kier alpha value is -1.06. The molecule has 1 fully saturated rings. The first-order valence-electron chi connectivity index (χ1n) is 6.77. The van der Waals surface area contributed by atoms with Crippen molar-refractivity contribution < 1.29 is 9.90 Å². The highest BCUT2D eigenvalue weighted by Gasteiger charge is 2.24. The zero-order valence-electron chi connectivity index (χ0n) is 11.2. The predicted octanol–water partition coefficient (Wildman–Crippen LogP) is 3.48. The van der Waals surface area contributed by atoms with Gasteiger partial charge >= 0.3 is 5.97 Å². The lowest BCUT2D eigenvalue weighted by molar-refractivity contribution is -0.139. The van der Waals surface area contributed by atoms with E-state index in [1.165, 1.54) is 12.8 Å². The lowest BCUT2D eigenvalue weighted by Crippen LogP contribution is -2.37. The van der Waals surface area contributed by atoms with E-state index in [9.17, 15) is 4.79 Å². The Labute approximate surface area is 119 Å². The van der Waals surface area contributed by atoms with Gasteiger partial charge in [-0.15, -0.1) is 0 Å². The maximum atomic E-state index is 11.0. The van der Waals surface area contributed by atoms with Crippen LogP contribution >= 0.6 is 11.6 Å². The molecule has 0 radical (unpaired) electrons. The summed E-state index contributed by atoms with van der Waals surface area (Å²) in [6.07, 6.45) is 4.58. The van der Waals surface area contributed by atoms with Crippen molar-refractivity contribution in [1.82, 2.24) is 4.90 Å². The van der Waals surface area contributed by atoms with Gasteiger partial charge in [0.25, 0.3) is 0 Å². The maximum Gasteiger partial charge on any atom is 0.317 e. The highest BCUT2D eigenvalue weighted by molar-refractivity contribution is 6.31. The van der Waals surface area contributed by atoms with Gasteiger partial charge in [0.1, 0.15) is 0 Å². The van der Waals surface area contributed by atoms with Crippen molar-refractivity contribution in [3.63, 3.8) is 0 Å². The molecule has 19 heavy (non-hydrogen) atoms. The van der Waals surface area contributed by atoms with Crippen LogP contribution in [0, 0.1) is 6.92 Å². The Kier molecular flexibility index (Phi) is 4.83. The van der Waals surface area contributed by atoms with Gasteiger partial charge in [0.15, 0.2) is 0 Å². The normalized spacial score (nSPS) is 16.2. The fraction of sp³-hybridized carbons (Fsp3) is 0.533. The van der Waals surface area contributed by atoms with Gasteiger partial charge in [-0.05, 0) is 37.0 Å². The highest BCUT2D eigenvalue weighted by atomic mass is 35.5. The average Bonchev–Trinajstić information content (AvgIpc) is 2.84. The molecule has 3 nitrogen and oxygen atoms in total. The summed E-state index contributed by atoms with van der Waals surface area (Å²) >= 11 is 6.24. The minimum absolute atomic E-state index is 0.0921. The summed E-state index contributed by atoms with van der Waals surface area (Å²) in [6, 6.07) is 6.34. The van der Waals surface area contributed by atoms with E-state index in [0.29, 0.717) is 12.6 Å². The molecular formula is C15H20ClNO2. The lowest BCUT2D eigenvalue weighted by Gasteiger charge is -2.27. The Balaban J connectivity index is 2.12. The summed E-state index contributed by atoms with van der Waals surface area (Å²) in [5.74, 6) is -0.768. The summed E-state index contributed by atoms with van der Waals surface area (Å²) in [7, 11) is 0. The average molecular weight is 282 g/mol. The largest absolute Gasteiger partial charge is 0.480 e. The van der Waals surface area contributed by atoms with Crippen molar-refractivity contribution >= 4 is 17.6 Å². The summed E-state index contributed by atoms with van der Waals surface area (Å²) < 4.78 is 0. The molecule has 0 heterocycles. The van der Waals surface area contributed by atoms with E-state index in [-0.39, 0.29) is 6.54 Å². The summed E-state index contributed by atoms with van der Waals surface area (Å²) in [6.45, 7) is 2.71. The zero-order valence-corrected chi connectivity index (χ0v) is 12.0. The molecule has 0 unspecified atom stereocenters. The van der Waals surface area contributed by atoms with E-state index in [1.807, 2.05) is 30.0 Å². The summed E-state index contributed by atoms with van der Waals surface area (Å²) in [5, 5.41) is 9.79. The SMILES string of the molecule is Cc1ccc(CN(CC(=O)O)C2CCCC2)c(Cl)c1. The third kappa shape index (κ3) is 3.95. The van der Waals surface area contributed by atoms with E-state index in [0.717, 1.165) is 29.0 Å². The smallest absolute Gasteiger partial charge is 0.317 e. The van der Waals surface area contributed by atoms with Crippen LogP contribution in [0.4, 0.5) is 0 Å². The first-order valence-corrected chi connectivity index (χ1v) is 7.15. The topological polar surface area (TPSA) is 40.5 Å². The van der Waals surface area contributed by atoms with Crippen molar-refractivity contribution in [3.8, 4) is 0 Å². The minimum atomic E-state index is -0.768. The number of carboxylic acids is 1. The number of carboxylic acid groups (broad SMARTS) is 1. The molecule has 1 aromatic rings. The first kappa shape index (κ1) is 14.4. The molecule has 1 N–H and O–H groups in total. The van der Waals surface area contributed by atoms with Crippen molar-refractivity contribution in [3.05, 3.63) is 34.3 Å². The van der Waals surface area contributed by atoms with E-state index in [2.05, 4.69) is 0 Å². The molecule has 2 rings (SSSR count). The van der Waals surface area contributed by atoms with Gasteiger partial charge in [-0.1, -0.05) is 36.6 Å². The second kappa shape index (κ2) is 6.40. The Morgan fingerprint density at radius 2 is 2.11 bits per heavy atom. The molecule has 1 aliphatic carbocycles. The van der Waals surface area contributed by atoms with Gasteiger partial charge in [0.05, 0.1) is 6.54 Å². The van der Waals surface area contributed by atoms with E-state index in [4.69, 9.17) is 16.7 Å². The van der Waals surface area contributed by atoms with E-state index in [1.54, 1.807) is 0 Å². The number of rotatable bonds is 5. The third-order valence-corrected chi connectivity index (χ3v) is 4.11. The molecule has 0 spiro atoms. The second-order valence-corrected chi connectivity index (χ2v) is 5.74. The molecule has 1 aliphatic rings. The van der Waals surface area contributed by atoms with Crippen LogP contribution < -0.4 is 0 Å². The minimum Gasteiger partial charge on any atom is -0.480 e. The first-order chi connectivity index (χ1) is 9.06. The number of nitrogens with zero attached hydrogens (tertiary/aromatic N) is 1. The van der Waals surface area contributed by atoms with Gasteiger partial charge in [-0.3, -0.25) is 9.69 Å². The van der Waals surface area contributed by atoms with Crippen LogP contribution in [0.3, 0.4) is 0 Å². The Morgan fingerprint density at radius 3 is 2.68 bits per heavy atom. The highest BCUT2D eigenvalue weighted by Crippen LogP contribution is 2.27. The predicted molar refractivity (Wildman–Crippen MR) is 76.5 cm³/mol. The van der Waals surface area contributed by atoms with Gasteiger partial charge in [0.2, 0.25) is 0 Å². The molecule has 0 amide bonds. The van der Waals surface area contributed by atoms with Crippen molar-refractivity contribution in [1.29, 1.82) is 0 Å². The third-order valence-electron chi connectivity index (χ3n) is 3.76. The number of benzene rings is 1. The molecule has 1 aromatic carbocycles. The number of carbonyl (C=O) groups is 1. The summed E-state index contributed by atoms with van der Waals surface area (Å²) in [4.78, 5) is 13.1. The van der Waals surface area contributed by atoms with Crippen molar-refractivity contribution in [2.75, 3.05) is 6.54 Å². The van der Waals surface area contributed by atoms with Gasteiger partial charge in [0, 0.05) is 17.6 Å². The van der Waals surface area contributed by atoms with Crippen LogP contribution in [-0.2, 0) is 11.3 Å². The van der Waals surface area contributed by atoms with Gasteiger partial charge < -0.3 is 5.11 Å². The van der Waals surface area contributed by atoms with Crippen LogP contribution in [0.25, 0.3) is 0 Å². The zero-order chi connectivity index (χ0) is 13.8. The van der Waals surface area contributed by atoms with E-state index < -0.39 is 5.97 Å². The van der Waals surface area contributed by atoms with Gasteiger partial charge in [-0.2, -0.15) is 0 Å². The number of hydrogen-bond donors (Lipinski definition) is 1. The van der Waals surface area contributed by atoms with Gasteiger partial charge in [-0.25, -0.2) is 0 Å². The lowest BCUT2D eigenvalue weighted by atomic mass is 10.1. The molecular weight excluding hydrogens is 262 g/mol. The second-order valence-electron chi connectivity index (χ2n) is 5.33. The van der Waals surface area contributed by atoms with Crippen LogP contribution in [-0.4, -0.2) is 28.6 Å². The summed E-state index contributed by atoms with van der Waals surface area (Å²) in [5.41, 5.74) is 2.14. The molecule has 0 aliphatic heterocycles. The van der Waals surface area contributed by atoms with Crippen LogP contribution in [0.2, 0.25) is 5.02 Å². The quantitative estimate of drug-likeness (QED) is 0.898. The number of aliphatic carboxylic acids is 1. The maximum absolute atomic E-state index is 11.0. The standard InChI is InChI=1S/C15H20ClNO2/c1-11-6-7-12(14(16)8-11)9-17(10-15(18)19)13-4-2-3-5-13/h6-8,13H,2-5,9-10H2,1H3,(H,18,19). The molecule has 1 saturated carbocycles. The molecule has 4 heteroatoms. The van der Waals surface area contributed by atoms with Crippen molar-refractivity contribution in [2.45, 2.75) is 45.2 Å². The Morgan fingerprint density at radius 1 is 1.42 bits per heavy atom. The number of halogens is 1. The molecule has 0 saturated heterocycles. The molecule has 104 valence electrons.